The highest BCUT2D eigenvalue weighted by Crippen LogP contribution is 2.33. The van der Waals surface area contributed by atoms with Crippen LogP contribution in [0.3, 0.4) is 0 Å². The molecule has 2 amide bonds. The van der Waals surface area contributed by atoms with Crippen molar-refractivity contribution in [3.05, 3.63) is 46.3 Å². The molecule has 1 atom stereocenters. The Labute approximate surface area is 144 Å². The van der Waals surface area contributed by atoms with Gasteiger partial charge in [-0.05, 0) is 43.0 Å². The van der Waals surface area contributed by atoms with Crippen molar-refractivity contribution in [1.82, 2.24) is 10.1 Å². The summed E-state index contributed by atoms with van der Waals surface area (Å²) in [4.78, 5) is 14.4. The molecule has 3 rings (SSSR count). The van der Waals surface area contributed by atoms with Crippen LogP contribution in [0.5, 0.6) is 0 Å². The minimum atomic E-state index is -0.0997. The van der Waals surface area contributed by atoms with Crippen LogP contribution in [-0.2, 0) is 0 Å². The number of halogens is 1. The van der Waals surface area contributed by atoms with E-state index in [4.69, 9.17) is 4.52 Å². The summed E-state index contributed by atoms with van der Waals surface area (Å²) in [5, 5.41) is 7.05. The van der Waals surface area contributed by atoms with E-state index in [1.54, 1.807) is 0 Å². The van der Waals surface area contributed by atoms with Crippen molar-refractivity contribution in [1.29, 1.82) is 0 Å². The van der Waals surface area contributed by atoms with Crippen molar-refractivity contribution in [2.45, 2.75) is 38.6 Å². The number of urea groups is 1. The van der Waals surface area contributed by atoms with Gasteiger partial charge in [-0.1, -0.05) is 34.9 Å². The average Bonchev–Trinajstić information content (AvgIpc) is 3.17. The molecule has 1 fully saturated rings. The molecule has 23 heavy (non-hydrogen) atoms. The SMILES string of the molecule is CC(C)c1cc(C2CCCN2C(=O)Nc2ccc(Br)cc2)on1. The molecule has 0 saturated carbocycles. The molecule has 2 aromatic rings. The molecule has 5 nitrogen and oxygen atoms in total. The molecule has 1 saturated heterocycles. The number of rotatable bonds is 3. The first kappa shape index (κ1) is 16.1. The number of hydrogen-bond acceptors (Lipinski definition) is 3. The maximum atomic E-state index is 12.6. The van der Waals surface area contributed by atoms with Crippen molar-refractivity contribution in [2.75, 3.05) is 11.9 Å². The molecule has 1 aliphatic heterocycles. The van der Waals surface area contributed by atoms with Crippen molar-refractivity contribution in [2.24, 2.45) is 0 Å². The zero-order chi connectivity index (χ0) is 16.4. The summed E-state index contributed by atoms with van der Waals surface area (Å²) in [6.07, 6.45) is 1.87. The van der Waals surface area contributed by atoms with E-state index in [2.05, 4.69) is 40.3 Å². The summed E-state index contributed by atoms with van der Waals surface area (Å²) >= 11 is 3.39. The van der Waals surface area contributed by atoms with Gasteiger partial charge < -0.3 is 14.7 Å². The number of carbonyl (C=O) groups is 1. The van der Waals surface area contributed by atoms with Gasteiger partial charge in [-0.3, -0.25) is 0 Å². The van der Waals surface area contributed by atoms with E-state index < -0.39 is 0 Å². The van der Waals surface area contributed by atoms with Gasteiger partial charge in [0.15, 0.2) is 5.76 Å². The lowest BCUT2D eigenvalue weighted by Gasteiger charge is -2.23. The lowest BCUT2D eigenvalue weighted by molar-refractivity contribution is 0.195. The first-order valence-electron chi connectivity index (χ1n) is 7.84. The average molecular weight is 378 g/mol. The normalized spacial score (nSPS) is 17.7. The predicted molar refractivity (Wildman–Crippen MR) is 92.4 cm³/mol. The number of carbonyl (C=O) groups excluding carboxylic acids is 1. The Balaban J connectivity index is 1.72. The van der Waals surface area contributed by atoms with E-state index in [-0.39, 0.29) is 12.1 Å². The fourth-order valence-corrected chi connectivity index (χ4v) is 3.03. The number of hydrogen-bond donors (Lipinski definition) is 1. The number of aromatic nitrogens is 1. The van der Waals surface area contributed by atoms with Gasteiger partial charge in [0.1, 0.15) is 0 Å². The second kappa shape index (κ2) is 6.74. The molecule has 0 radical (unpaired) electrons. The smallest absolute Gasteiger partial charge is 0.322 e. The van der Waals surface area contributed by atoms with E-state index in [1.807, 2.05) is 35.2 Å². The predicted octanol–water partition coefficient (Wildman–Crippen LogP) is 4.93. The van der Waals surface area contributed by atoms with Crippen LogP contribution in [0.25, 0.3) is 0 Å². The molecule has 1 unspecified atom stereocenters. The van der Waals surface area contributed by atoms with E-state index >= 15 is 0 Å². The number of likely N-dealkylation sites (tertiary alicyclic amines) is 1. The van der Waals surface area contributed by atoms with E-state index in [0.717, 1.165) is 41.0 Å². The lowest BCUT2D eigenvalue weighted by atomic mass is 10.1. The molecule has 1 N–H and O–H groups in total. The van der Waals surface area contributed by atoms with E-state index in [1.165, 1.54) is 0 Å². The van der Waals surface area contributed by atoms with Crippen molar-refractivity contribution in [3.8, 4) is 0 Å². The monoisotopic (exact) mass is 377 g/mol. The first-order valence-corrected chi connectivity index (χ1v) is 8.63. The van der Waals surface area contributed by atoms with Gasteiger partial charge >= 0.3 is 6.03 Å². The molecular weight excluding hydrogens is 358 g/mol. The first-order chi connectivity index (χ1) is 11.0. The van der Waals surface area contributed by atoms with Gasteiger partial charge in [0.2, 0.25) is 0 Å². The molecule has 6 heteroatoms. The fraction of sp³-hybridized carbons (Fsp3) is 0.412. The highest BCUT2D eigenvalue weighted by Gasteiger charge is 2.33. The number of benzene rings is 1. The van der Waals surface area contributed by atoms with Crippen LogP contribution in [0.15, 0.2) is 39.3 Å². The minimum absolute atomic E-state index is 0.0366. The molecule has 122 valence electrons. The molecule has 0 aliphatic carbocycles. The van der Waals surface area contributed by atoms with Crippen molar-refractivity contribution in [3.63, 3.8) is 0 Å². The van der Waals surface area contributed by atoms with Gasteiger partial charge in [0, 0.05) is 22.8 Å². The third kappa shape index (κ3) is 3.58. The van der Waals surface area contributed by atoms with Gasteiger partial charge in [-0.25, -0.2) is 4.79 Å². The second-order valence-electron chi connectivity index (χ2n) is 6.10. The van der Waals surface area contributed by atoms with Crippen molar-refractivity contribution >= 4 is 27.6 Å². The maximum absolute atomic E-state index is 12.6. The van der Waals surface area contributed by atoms with Crippen molar-refractivity contribution < 1.29 is 9.32 Å². The Bertz CT molecular complexity index is 681. The molecule has 0 spiro atoms. The van der Waals surface area contributed by atoms with Crippen LogP contribution in [0.1, 0.15) is 50.1 Å². The number of nitrogens with one attached hydrogen (secondary N) is 1. The molecule has 2 heterocycles. The summed E-state index contributed by atoms with van der Waals surface area (Å²) in [6, 6.07) is 9.39. The Kier molecular flexibility index (Phi) is 4.71. The summed E-state index contributed by atoms with van der Waals surface area (Å²) < 4.78 is 6.46. The lowest BCUT2D eigenvalue weighted by Crippen LogP contribution is -2.34. The van der Waals surface area contributed by atoms with Crippen LogP contribution < -0.4 is 5.32 Å². The molecule has 1 aromatic carbocycles. The topological polar surface area (TPSA) is 58.4 Å². The van der Waals surface area contributed by atoms with Gasteiger partial charge in [0.25, 0.3) is 0 Å². The van der Waals surface area contributed by atoms with Gasteiger partial charge in [-0.2, -0.15) is 0 Å². The van der Waals surface area contributed by atoms with Crippen LogP contribution in [0.4, 0.5) is 10.5 Å². The van der Waals surface area contributed by atoms with E-state index in [0.29, 0.717) is 5.92 Å². The minimum Gasteiger partial charge on any atom is -0.359 e. The summed E-state index contributed by atoms with van der Waals surface area (Å²) in [7, 11) is 0. The number of amides is 2. The molecule has 1 aromatic heterocycles. The molecular formula is C17H20BrN3O2. The molecule has 0 bridgehead atoms. The quantitative estimate of drug-likeness (QED) is 0.824. The number of anilines is 1. The highest BCUT2D eigenvalue weighted by atomic mass is 79.9. The molecule has 1 aliphatic rings. The second-order valence-corrected chi connectivity index (χ2v) is 7.01. The summed E-state index contributed by atoms with van der Waals surface area (Å²) in [6.45, 7) is 4.88. The Morgan fingerprint density at radius 1 is 1.39 bits per heavy atom. The van der Waals surface area contributed by atoms with E-state index in [9.17, 15) is 4.79 Å². The largest absolute Gasteiger partial charge is 0.359 e. The summed E-state index contributed by atoms with van der Waals surface area (Å²) in [5.41, 5.74) is 1.71. The van der Waals surface area contributed by atoms with Crippen LogP contribution in [0, 0.1) is 0 Å². The fourth-order valence-electron chi connectivity index (χ4n) is 2.77. The van der Waals surface area contributed by atoms with Crippen LogP contribution in [-0.4, -0.2) is 22.6 Å². The van der Waals surface area contributed by atoms with Gasteiger partial charge in [-0.15, -0.1) is 0 Å². The van der Waals surface area contributed by atoms with Crippen LogP contribution in [0.2, 0.25) is 0 Å². The Morgan fingerprint density at radius 2 is 2.13 bits per heavy atom. The Hall–Kier alpha value is -1.82. The maximum Gasteiger partial charge on any atom is 0.322 e. The number of nitrogens with zero attached hydrogens (tertiary/aromatic N) is 2. The third-order valence-electron chi connectivity index (χ3n) is 4.08. The van der Waals surface area contributed by atoms with Gasteiger partial charge in [0.05, 0.1) is 11.7 Å². The Morgan fingerprint density at radius 3 is 2.78 bits per heavy atom. The standard InChI is InChI=1S/C17H20BrN3O2/c1-11(2)14-10-16(23-20-14)15-4-3-9-21(15)17(22)19-13-7-5-12(18)6-8-13/h5-8,10-11,15H,3-4,9H2,1-2H3,(H,19,22). The third-order valence-corrected chi connectivity index (χ3v) is 4.60. The zero-order valence-electron chi connectivity index (χ0n) is 13.3. The summed E-state index contributed by atoms with van der Waals surface area (Å²) in [5.74, 6) is 1.09. The van der Waals surface area contributed by atoms with Crippen LogP contribution >= 0.6 is 15.9 Å². The zero-order valence-corrected chi connectivity index (χ0v) is 14.8. The highest BCUT2D eigenvalue weighted by molar-refractivity contribution is 9.10.